The molecule has 0 aliphatic heterocycles. The molecule has 0 radical (unpaired) electrons. The van der Waals surface area contributed by atoms with Gasteiger partial charge in [-0.2, -0.15) is 0 Å². The second-order valence-electron chi connectivity index (χ2n) is 6.45. The molecule has 1 aliphatic carbocycles. The molecule has 0 aromatic carbocycles. The van der Waals surface area contributed by atoms with Crippen LogP contribution in [0.4, 0.5) is 0 Å². The Bertz CT molecular complexity index is 303. The molecular weight excluding hydrogens is 276 g/mol. The van der Waals surface area contributed by atoms with Gasteiger partial charge in [0.05, 0.1) is 5.60 Å². The Morgan fingerprint density at radius 3 is 2.53 bits per heavy atom. The molecule has 1 rings (SSSR count). The van der Waals surface area contributed by atoms with Crippen molar-refractivity contribution >= 4 is 15.9 Å². The van der Waals surface area contributed by atoms with Crippen molar-refractivity contribution in [1.82, 2.24) is 0 Å². The van der Waals surface area contributed by atoms with Gasteiger partial charge in [0.25, 0.3) is 0 Å². The van der Waals surface area contributed by atoms with E-state index in [4.69, 9.17) is 0 Å². The van der Waals surface area contributed by atoms with Crippen molar-refractivity contribution in [2.75, 3.05) is 0 Å². The number of aliphatic hydroxyl groups is 1. The molecule has 1 fully saturated rings. The first-order valence-corrected chi connectivity index (χ1v) is 7.17. The number of allylic oxidation sites excluding steroid dienone is 1. The van der Waals surface area contributed by atoms with Crippen LogP contribution in [-0.2, 0) is 0 Å². The molecule has 0 saturated heterocycles. The summed E-state index contributed by atoms with van der Waals surface area (Å²) in [7, 11) is 0. The minimum atomic E-state index is -0.710. The second-order valence-corrected chi connectivity index (χ2v) is 7.57. The first kappa shape index (κ1) is 15.0. The highest BCUT2D eigenvalue weighted by molar-refractivity contribution is 9.11. The van der Waals surface area contributed by atoms with Crippen LogP contribution in [0.25, 0.3) is 0 Å². The van der Waals surface area contributed by atoms with Gasteiger partial charge in [-0.05, 0) is 47.4 Å². The highest BCUT2D eigenvalue weighted by Gasteiger charge is 2.42. The number of halogens is 1. The zero-order valence-corrected chi connectivity index (χ0v) is 12.9. The molecule has 1 saturated carbocycles. The van der Waals surface area contributed by atoms with Crippen LogP contribution < -0.4 is 0 Å². The third-order valence-electron chi connectivity index (χ3n) is 4.22. The predicted molar refractivity (Wildman–Crippen MR) is 78.1 cm³/mol. The highest BCUT2D eigenvalue weighted by atomic mass is 79.9. The van der Waals surface area contributed by atoms with Crippen LogP contribution in [0.5, 0.6) is 0 Å². The molecule has 3 atom stereocenters. The second kappa shape index (κ2) is 5.27. The van der Waals surface area contributed by atoms with Gasteiger partial charge in [-0.15, -0.1) is 6.58 Å². The highest BCUT2D eigenvalue weighted by Crippen LogP contribution is 2.47. The van der Waals surface area contributed by atoms with E-state index in [2.05, 4.69) is 49.9 Å². The fraction of sp³-hybridized carbons (Fsp3) is 0.733. The van der Waals surface area contributed by atoms with Gasteiger partial charge in [-0.25, -0.2) is 0 Å². The first-order chi connectivity index (χ1) is 7.69. The van der Waals surface area contributed by atoms with Crippen molar-refractivity contribution in [3.63, 3.8) is 0 Å². The van der Waals surface area contributed by atoms with Gasteiger partial charge >= 0.3 is 0 Å². The third-order valence-corrected chi connectivity index (χ3v) is 4.54. The Balaban J connectivity index is 2.84. The largest absolute Gasteiger partial charge is 0.386 e. The normalized spacial score (nSPS) is 34.4. The molecule has 0 bridgehead atoms. The van der Waals surface area contributed by atoms with Crippen LogP contribution in [0, 0.1) is 17.3 Å². The predicted octanol–water partition coefficient (Wildman–Crippen LogP) is 4.66. The molecule has 0 spiro atoms. The maximum absolute atomic E-state index is 10.6. The molecule has 17 heavy (non-hydrogen) atoms. The summed E-state index contributed by atoms with van der Waals surface area (Å²) in [6.07, 6.45) is 5.51. The lowest BCUT2D eigenvalue weighted by atomic mass is 9.63. The van der Waals surface area contributed by atoms with Gasteiger partial charge in [0, 0.05) is 0 Å². The van der Waals surface area contributed by atoms with Gasteiger partial charge in [-0.1, -0.05) is 49.4 Å². The fourth-order valence-electron chi connectivity index (χ4n) is 2.86. The molecule has 98 valence electrons. The van der Waals surface area contributed by atoms with E-state index >= 15 is 0 Å². The molecule has 1 nitrogen and oxygen atoms in total. The lowest BCUT2D eigenvalue weighted by molar-refractivity contribution is -0.0381. The average molecular weight is 301 g/mol. The third kappa shape index (κ3) is 3.69. The number of hydrogen-bond donors (Lipinski definition) is 1. The van der Waals surface area contributed by atoms with E-state index in [9.17, 15) is 5.11 Å². The average Bonchev–Trinajstić information content (AvgIpc) is 2.19. The Kier molecular flexibility index (Phi) is 4.65. The van der Waals surface area contributed by atoms with Crippen LogP contribution in [-0.4, -0.2) is 10.7 Å². The Morgan fingerprint density at radius 2 is 2.12 bits per heavy atom. The molecule has 0 aromatic heterocycles. The van der Waals surface area contributed by atoms with Crippen LogP contribution in [0.1, 0.15) is 46.5 Å². The van der Waals surface area contributed by atoms with Crippen molar-refractivity contribution in [1.29, 1.82) is 0 Å². The van der Waals surface area contributed by atoms with Gasteiger partial charge in [0.2, 0.25) is 0 Å². The Hall–Kier alpha value is -0.0800. The summed E-state index contributed by atoms with van der Waals surface area (Å²) in [6.45, 7) is 14.6. The van der Waals surface area contributed by atoms with E-state index in [0.717, 1.165) is 30.2 Å². The molecule has 1 N–H and O–H groups in total. The van der Waals surface area contributed by atoms with E-state index in [1.807, 2.05) is 0 Å². The monoisotopic (exact) mass is 300 g/mol. The van der Waals surface area contributed by atoms with Crippen LogP contribution in [0.2, 0.25) is 0 Å². The van der Waals surface area contributed by atoms with Crippen molar-refractivity contribution in [3.8, 4) is 0 Å². The van der Waals surface area contributed by atoms with Gasteiger partial charge in [0.1, 0.15) is 0 Å². The molecule has 0 heterocycles. The summed E-state index contributed by atoms with van der Waals surface area (Å²) < 4.78 is 0.970. The summed E-state index contributed by atoms with van der Waals surface area (Å²) in [5.41, 5.74) is -0.396. The van der Waals surface area contributed by atoms with E-state index in [-0.39, 0.29) is 5.92 Å². The minimum absolute atomic E-state index is 0.241. The van der Waals surface area contributed by atoms with Crippen molar-refractivity contribution < 1.29 is 5.11 Å². The molecular formula is C15H25BrO. The summed E-state index contributed by atoms with van der Waals surface area (Å²) in [6, 6.07) is 0. The molecule has 2 heteroatoms. The fourth-order valence-corrected chi connectivity index (χ4v) is 3.25. The van der Waals surface area contributed by atoms with Gasteiger partial charge in [-0.3, -0.25) is 0 Å². The summed E-state index contributed by atoms with van der Waals surface area (Å²) in [4.78, 5) is 0. The molecule has 0 amide bonds. The first-order valence-electron chi connectivity index (χ1n) is 6.38. The van der Waals surface area contributed by atoms with E-state index in [1.165, 1.54) is 0 Å². The minimum Gasteiger partial charge on any atom is -0.386 e. The lowest BCUT2D eigenvalue weighted by Gasteiger charge is -2.45. The van der Waals surface area contributed by atoms with E-state index < -0.39 is 5.60 Å². The van der Waals surface area contributed by atoms with Crippen molar-refractivity contribution in [2.45, 2.75) is 52.1 Å². The van der Waals surface area contributed by atoms with Crippen LogP contribution >= 0.6 is 15.9 Å². The SMILES string of the molecule is C=C[C@@]1(O)CC[C@@H](C(C)(C)C)C[C@H]1CC(=C)Br. The van der Waals surface area contributed by atoms with Gasteiger partial charge < -0.3 is 5.11 Å². The standard InChI is InChI=1S/C15H25BrO/c1-6-15(17)8-7-12(14(3,4)5)10-13(15)9-11(2)16/h6,12-13,17H,1-2,7-10H2,3-5H3/t12-,13-,15-/m1/s1. The lowest BCUT2D eigenvalue weighted by Crippen LogP contribution is -2.43. The molecule has 0 aromatic rings. The zero-order valence-electron chi connectivity index (χ0n) is 11.3. The zero-order chi connectivity index (χ0) is 13.3. The Labute approximate surface area is 114 Å². The molecule has 1 aliphatic rings. The maximum atomic E-state index is 10.6. The van der Waals surface area contributed by atoms with Crippen LogP contribution in [0.15, 0.2) is 23.7 Å². The number of hydrogen-bond acceptors (Lipinski definition) is 1. The Morgan fingerprint density at radius 1 is 1.53 bits per heavy atom. The maximum Gasteiger partial charge on any atom is 0.0856 e. The smallest absolute Gasteiger partial charge is 0.0856 e. The quantitative estimate of drug-likeness (QED) is 0.751. The molecule has 0 unspecified atom stereocenters. The topological polar surface area (TPSA) is 20.2 Å². The summed E-state index contributed by atoms with van der Waals surface area (Å²) in [5, 5.41) is 10.6. The number of rotatable bonds is 3. The summed E-state index contributed by atoms with van der Waals surface area (Å²) in [5.74, 6) is 0.907. The van der Waals surface area contributed by atoms with E-state index in [0.29, 0.717) is 11.3 Å². The van der Waals surface area contributed by atoms with Gasteiger partial charge in [0.15, 0.2) is 0 Å². The van der Waals surface area contributed by atoms with Crippen molar-refractivity contribution in [2.24, 2.45) is 17.3 Å². The summed E-state index contributed by atoms with van der Waals surface area (Å²) >= 11 is 3.42. The van der Waals surface area contributed by atoms with Crippen LogP contribution in [0.3, 0.4) is 0 Å². The van der Waals surface area contributed by atoms with Crippen molar-refractivity contribution in [3.05, 3.63) is 23.7 Å². The van der Waals surface area contributed by atoms with E-state index in [1.54, 1.807) is 6.08 Å².